The SMILES string of the molecule is Cc1ccc(-c2nnc(SCC(=O)N/N=C/c3cccnc3)n2-c2ccc(Cl)cc2)cc1. The fourth-order valence-electron chi connectivity index (χ4n) is 2.87. The van der Waals surface area contributed by atoms with E-state index in [1.165, 1.54) is 11.8 Å². The molecule has 9 heteroatoms. The maximum atomic E-state index is 12.3. The van der Waals surface area contributed by atoms with Gasteiger partial charge in [0.2, 0.25) is 0 Å². The summed E-state index contributed by atoms with van der Waals surface area (Å²) in [6.45, 7) is 2.03. The number of amides is 1. The van der Waals surface area contributed by atoms with Gasteiger partial charge < -0.3 is 0 Å². The molecule has 0 atom stereocenters. The van der Waals surface area contributed by atoms with Crippen molar-refractivity contribution in [2.45, 2.75) is 12.1 Å². The van der Waals surface area contributed by atoms with Gasteiger partial charge in [-0.25, -0.2) is 5.43 Å². The summed E-state index contributed by atoms with van der Waals surface area (Å²) in [4.78, 5) is 16.3. The molecule has 32 heavy (non-hydrogen) atoms. The van der Waals surface area contributed by atoms with Crippen LogP contribution < -0.4 is 5.43 Å². The molecule has 7 nitrogen and oxygen atoms in total. The summed E-state index contributed by atoms with van der Waals surface area (Å²) < 4.78 is 1.91. The lowest BCUT2D eigenvalue weighted by atomic mass is 10.1. The third kappa shape index (κ3) is 5.40. The van der Waals surface area contributed by atoms with Gasteiger partial charge in [0, 0.05) is 34.2 Å². The molecule has 0 aliphatic carbocycles. The summed E-state index contributed by atoms with van der Waals surface area (Å²) in [7, 11) is 0. The second kappa shape index (κ2) is 10.2. The van der Waals surface area contributed by atoms with E-state index in [1.807, 2.05) is 66.1 Å². The quantitative estimate of drug-likeness (QED) is 0.248. The number of hydrogen-bond donors (Lipinski definition) is 1. The number of halogens is 1. The second-order valence-corrected chi connectivity index (χ2v) is 8.23. The Morgan fingerprint density at radius 2 is 1.91 bits per heavy atom. The molecule has 0 aliphatic heterocycles. The molecule has 2 aromatic carbocycles. The average Bonchev–Trinajstić information content (AvgIpc) is 3.23. The molecule has 0 spiro atoms. The summed E-state index contributed by atoms with van der Waals surface area (Å²) in [6, 6.07) is 19.1. The zero-order valence-electron chi connectivity index (χ0n) is 17.1. The fourth-order valence-corrected chi connectivity index (χ4v) is 3.74. The standard InChI is InChI=1S/C23H19ClN6OS/c1-16-4-6-18(7-5-16)22-28-29-23(30(22)20-10-8-19(24)9-11-20)32-15-21(31)27-26-14-17-3-2-12-25-13-17/h2-14H,15H2,1H3,(H,27,31)/b26-14+. The molecule has 0 saturated carbocycles. The van der Waals surface area contributed by atoms with Crippen LogP contribution in [-0.4, -0.2) is 37.6 Å². The first-order chi connectivity index (χ1) is 15.6. The van der Waals surface area contributed by atoms with Crippen LogP contribution in [0.1, 0.15) is 11.1 Å². The van der Waals surface area contributed by atoms with Crippen LogP contribution in [0.4, 0.5) is 0 Å². The van der Waals surface area contributed by atoms with Crippen LogP contribution in [-0.2, 0) is 4.79 Å². The minimum atomic E-state index is -0.252. The highest BCUT2D eigenvalue weighted by Crippen LogP contribution is 2.28. The lowest BCUT2D eigenvalue weighted by Crippen LogP contribution is -2.20. The van der Waals surface area contributed by atoms with Crippen LogP contribution in [0.15, 0.2) is 83.3 Å². The number of pyridine rings is 1. The number of hydrogen-bond acceptors (Lipinski definition) is 6. The molecule has 4 aromatic rings. The highest BCUT2D eigenvalue weighted by atomic mass is 35.5. The maximum absolute atomic E-state index is 12.3. The predicted molar refractivity (Wildman–Crippen MR) is 127 cm³/mol. The third-order valence-electron chi connectivity index (χ3n) is 4.45. The van der Waals surface area contributed by atoms with Crippen molar-refractivity contribution in [1.82, 2.24) is 25.2 Å². The van der Waals surface area contributed by atoms with Crippen molar-refractivity contribution in [3.63, 3.8) is 0 Å². The average molecular weight is 463 g/mol. The number of nitrogens with one attached hydrogen (secondary N) is 1. The number of carbonyl (C=O) groups is 1. The molecular weight excluding hydrogens is 444 g/mol. The molecule has 0 fully saturated rings. The van der Waals surface area contributed by atoms with E-state index >= 15 is 0 Å². The molecule has 1 amide bonds. The number of carbonyl (C=O) groups excluding carboxylic acids is 1. The van der Waals surface area contributed by atoms with Crippen LogP contribution in [0.25, 0.3) is 17.1 Å². The Morgan fingerprint density at radius 1 is 1.12 bits per heavy atom. The van der Waals surface area contributed by atoms with E-state index < -0.39 is 0 Å². The fraction of sp³-hybridized carbons (Fsp3) is 0.0870. The van der Waals surface area contributed by atoms with Gasteiger partial charge in [-0.2, -0.15) is 5.10 Å². The summed E-state index contributed by atoms with van der Waals surface area (Å²) in [5, 5.41) is 13.9. The Balaban J connectivity index is 1.53. The number of thioether (sulfide) groups is 1. The van der Waals surface area contributed by atoms with Crippen molar-refractivity contribution in [1.29, 1.82) is 0 Å². The van der Waals surface area contributed by atoms with E-state index in [4.69, 9.17) is 11.6 Å². The molecule has 160 valence electrons. The summed E-state index contributed by atoms with van der Waals surface area (Å²) in [5.74, 6) is 0.562. The van der Waals surface area contributed by atoms with Crippen LogP contribution >= 0.6 is 23.4 Å². The second-order valence-electron chi connectivity index (χ2n) is 6.85. The monoisotopic (exact) mass is 462 g/mol. The van der Waals surface area contributed by atoms with Crippen LogP contribution in [0.2, 0.25) is 5.02 Å². The summed E-state index contributed by atoms with van der Waals surface area (Å²) in [6.07, 6.45) is 4.88. The van der Waals surface area contributed by atoms with Gasteiger partial charge in [0.1, 0.15) is 0 Å². The van der Waals surface area contributed by atoms with Gasteiger partial charge in [-0.15, -0.1) is 10.2 Å². The van der Waals surface area contributed by atoms with Gasteiger partial charge >= 0.3 is 0 Å². The number of nitrogens with zero attached hydrogens (tertiary/aromatic N) is 5. The Bertz CT molecular complexity index is 1220. The molecular formula is C23H19ClN6OS. The van der Waals surface area contributed by atoms with Crippen molar-refractivity contribution >= 4 is 35.5 Å². The van der Waals surface area contributed by atoms with Crippen LogP contribution in [0.5, 0.6) is 0 Å². The van der Waals surface area contributed by atoms with Crippen molar-refractivity contribution < 1.29 is 4.79 Å². The number of benzene rings is 2. The Kier molecular flexibility index (Phi) is 6.94. The third-order valence-corrected chi connectivity index (χ3v) is 5.63. The van der Waals surface area contributed by atoms with Crippen molar-refractivity contribution in [3.8, 4) is 17.1 Å². The maximum Gasteiger partial charge on any atom is 0.250 e. The van der Waals surface area contributed by atoms with E-state index in [-0.39, 0.29) is 11.7 Å². The molecule has 1 N–H and O–H groups in total. The molecule has 0 unspecified atom stereocenters. The van der Waals surface area contributed by atoms with E-state index in [1.54, 1.807) is 24.7 Å². The minimum absolute atomic E-state index is 0.129. The first kappa shape index (κ1) is 21.7. The van der Waals surface area contributed by atoms with Crippen molar-refractivity contribution in [2.75, 3.05) is 5.75 Å². The van der Waals surface area contributed by atoms with E-state index in [9.17, 15) is 4.79 Å². The minimum Gasteiger partial charge on any atom is -0.272 e. The van der Waals surface area contributed by atoms with Crippen LogP contribution in [0.3, 0.4) is 0 Å². The van der Waals surface area contributed by atoms with E-state index in [0.717, 1.165) is 22.4 Å². The Hall–Kier alpha value is -3.49. The topological polar surface area (TPSA) is 85.1 Å². The summed E-state index contributed by atoms with van der Waals surface area (Å²) in [5.41, 5.74) is 6.25. The lowest BCUT2D eigenvalue weighted by Gasteiger charge is -2.10. The highest BCUT2D eigenvalue weighted by Gasteiger charge is 2.17. The highest BCUT2D eigenvalue weighted by molar-refractivity contribution is 7.99. The van der Waals surface area contributed by atoms with Gasteiger partial charge in [-0.05, 0) is 37.3 Å². The molecule has 0 bridgehead atoms. The van der Waals surface area contributed by atoms with Gasteiger partial charge in [0.05, 0.1) is 12.0 Å². The molecule has 0 aliphatic rings. The lowest BCUT2D eigenvalue weighted by molar-refractivity contribution is -0.118. The van der Waals surface area contributed by atoms with Crippen molar-refractivity contribution in [3.05, 3.63) is 89.2 Å². The number of aromatic nitrogens is 4. The zero-order valence-corrected chi connectivity index (χ0v) is 18.7. The van der Waals surface area contributed by atoms with Crippen LogP contribution in [0, 0.1) is 6.92 Å². The molecule has 0 saturated heterocycles. The first-order valence-electron chi connectivity index (χ1n) is 9.73. The summed E-state index contributed by atoms with van der Waals surface area (Å²) >= 11 is 7.34. The number of aryl methyl sites for hydroxylation is 1. The van der Waals surface area contributed by atoms with Gasteiger partial charge in [-0.1, -0.05) is 59.3 Å². The molecule has 2 heterocycles. The molecule has 2 aromatic heterocycles. The van der Waals surface area contributed by atoms with Gasteiger partial charge in [-0.3, -0.25) is 14.3 Å². The molecule has 4 rings (SSSR count). The number of hydrazone groups is 1. The smallest absolute Gasteiger partial charge is 0.250 e. The Morgan fingerprint density at radius 3 is 2.62 bits per heavy atom. The van der Waals surface area contributed by atoms with E-state index in [2.05, 4.69) is 25.7 Å². The van der Waals surface area contributed by atoms with Gasteiger partial charge in [0.25, 0.3) is 5.91 Å². The van der Waals surface area contributed by atoms with Gasteiger partial charge in [0.15, 0.2) is 11.0 Å². The predicted octanol–water partition coefficient (Wildman–Crippen LogP) is 4.53. The Labute approximate surface area is 194 Å². The normalized spacial score (nSPS) is 11.1. The zero-order chi connectivity index (χ0) is 22.3. The first-order valence-corrected chi connectivity index (χ1v) is 11.1. The molecule has 0 radical (unpaired) electrons. The van der Waals surface area contributed by atoms with E-state index in [0.29, 0.717) is 16.0 Å². The number of rotatable bonds is 7. The van der Waals surface area contributed by atoms with Crippen molar-refractivity contribution in [2.24, 2.45) is 5.10 Å². The largest absolute Gasteiger partial charge is 0.272 e.